The summed E-state index contributed by atoms with van der Waals surface area (Å²) in [5, 5.41) is 14.4. The lowest BCUT2D eigenvalue weighted by atomic mass is 10.0. The number of nitro benzene ring substituents is 1. The molecule has 1 rings (SSSR count). The second-order valence-electron chi connectivity index (χ2n) is 7.74. The monoisotopic (exact) mass is 473 g/mol. The van der Waals surface area contributed by atoms with Crippen molar-refractivity contribution in [2.24, 2.45) is 0 Å². The van der Waals surface area contributed by atoms with Gasteiger partial charge in [-0.05, 0) is 52.7 Å². The Labute approximate surface area is 193 Å². The summed E-state index contributed by atoms with van der Waals surface area (Å²) in [7, 11) is -1.71. The highest BCUT2D eigenvalue weighted by Gasteiger charge is 2.32. The van der Waals surface area contributed by atoms with Gasteiger partial charge in [0.05, 0.1) is 16.6 Å². The van der Waals surface area contributed by atoms with Gasteiger partial charge < -0.3 is 9.84 Å². The number of nitrogens with one attached hydrogen (secondary N) is 2. The van der Waals surface area contributed by atoms with Crippen LogP contribution in [0.15, 0.2) is 18.2 Å². The van der Waals surface area contributed by atoms with Crippen molar-refractivity contribution in [3.8, 4) is 0 Å². The number of nitro groups is 1. The van der Waals surface area contributed by atoms with Gasteiger partial charge in [0.2, 0.25) is 5.91 Å². The Bertz CT molecular complexity index is 747. The van der Waals surface area contributed by atoms with Crippen LogP contribution in [0.5, 0.6) is 0 Å². The predicted molar refractivity (Wildman–Crippen MR) is 124 cm³/mol. The fourth-order valence-corrected chi connectivity index (χ4v) is 4.52. The van der Waals surface area contributed by atoms with E-state index >= 15 is 0 Å². The van der Waals surface area contributed by atoms with Gasteiger partial charge in [-0.1, -0.05) is 19.9 Å². The molecule has 2 N–H and O–H groups in total. The molecular formula is C21H37N4O6P. The Morgan fingerprint density at radius 2 is 1.97 bits per heavy atom. The van der Waals surface area contributed by atoms with Gasteiger partial charge in [0, 0.05) is 39.0 Å². The van der Waals surface area contributed by atoms with Crippen LogP contribution >= 0.6 is 8.53 Å². The van der Waals surface area contributed by atoms with Crippen molar-refractivity contribution in [2.45, 2.75) is 86.0 Å². The fourth-order valence-electron chi connectivity index (χ4n) is 3.05. The summed E-state index contributed by atoms with van der Waals surface area (Å²) in [6, 6.07) is 4.85. The molecule has 0 spiro atoms. The predicted octanol–water partition coefficient (Wildman–Crippen LogP) is 4.91. The molecule has 1 amide bonds. The molecule has 0 saturated carbocycles. The molecule has 0 aliphatic rings. The molecule has 0 heterocycles. The minimum absolute atomic E-state index is 0.0741. The van der Waals surface area contributed by atoms with Crippen molar-refractivity contribution in [1.29, 1.82) is 0 Å². The van der Waals surface area contributed by atoms with E-state index in [0.29, 0.717) is 24.1 Å². The molecule has 1 aromatic rings. The average Bonchev–Trinajstić information content (AvgIpc) is 2.75. The normalized spacial score (nSPS) is 14.0. The van der Waals surface area contributed by atoms with E-state index in [0.717, 1.165) is 0 Å². The third-order valence-corrected chi connectivity index (χ3v) is 6.42. The van der Waals surface area contributed by atoms with Crippen LogP contribution in [0, 0.1) is 10.1 Å². The first-order valence-corrected chi connectivity index (χ1v) is 11.9. The van der Waals surface area contributed by atoms with E-state index < -0.39 is 19.6 Å². The van der Waals surface area contributed by atoms with Crippen LogP contribution in [0.2, 0.25) is 0 Å². The summed E-state index contributed by atoms with van der Waals surface area (Å²) < 4.78 is 20.9. The first-order valence-electron chi connectivity index (χ1n) is 11.5. The summed E-state index contributed by atoms with van der Waals surface area (Å²) in [6.07, 6.45) is 0.0834. The zero-order chi connectivity index (χ0) is 25.0. The Kier molecular flexibility index (Phi) is 12.0. The number of amides is 1. The molecular weight excluding hydrogens is 435 g/mol. The lowest BCUT2D eigenvalue weighted by Gasteiger charge is -2.35. The van der Waals surface area contributed by atoms with Gasteiger partial charge in [-0.3, -0.25) is 14.9 Å². The van der Waals surface area contributed by atoms with E-state index in [-0.39, 0.29) is 43.5 Å². The molecule has 2 unspecified atom stereocenters. The van der Waals surface area contributed by atoms with E-state index in [1.54, 1.807) is 19.1 Å². The Morgan fingerprint density at radius 3 is 2.53 bits per heavy atom. The second-order valence-corrected chi connectivity index (χ2v) is 9.04. The number of hydrogen-bond donors (Lipinski definition) is 2. The summed E-state index contributed by atoms with van der Waals surface area (Å²) in [6.45, 7) is 12.6. The van der Waals surface area contributed by atoms with E-state index in [9.17, 15) is 14.9 Å². The van der Waals surface area contributed by atoms with Gasteiger partial charge >= 0.3 is 0 Å². The molecule has 0 fully saturated rings. The number of rotatable bonds is 15. The average molecular weight is 474 g/mol. The molecule has 32 heavy (non-hydrogen) atoms. The van der Waals surface area contributed by atoms with Crippen molar-refractivity contribution in [2.75, 3.05) is 6.54 Å². The number of hydroxylamine groups is 1. The lowest BCUT2D eigenvalue weighted by Crippen LogP contribution is -2.34. The molecule has 10 nitrogen and oxygen atoms in total. The number of carbonyl (C=O) groups is 1. The van der Waals surface area contributed by atoms with Gasteiger partial charge in [-0.25, -0.2) is 4.67 Å². The van der Waals surface area contributed by atoms with Crippen molar-refractivity contribution in [3.05, 3.63) is 39.4 Å². The summed E-state index contributed by atoms with van der Waals surface area (Å²) in [5.41, 5.74) is 3.65. The van der Waals surface area contributed by atoms with Crippen molar-refractivity contribution in [3.63, 3.8) is 0 Å². The van der Waals surface area contributed by atoms with Crippen LogP contribution in [0.3, 0.4) is 0 Å². The molecule has 1 aromatic carbocycles. The highest BCUT2D eigenvalue weighted by Crippen LogP contribution is 2.50. The van der Waals surface area contributed by atoms with E-state index in [1.165, 1.54) is 6.07 Å². The maximum Gasteiger partial charge on any atom is 0.295 e. The van der Waals surface area contributed by atoms with Crippen LogP contribution in [-0.2, 0) is 25.5 Å². The number of hydrogen-bond acceptors (Lipinski definition) is 8. The van der Waals surface area contributed by atoms with Gasteiger partial charge in [0.25, 0.3) is 14.2 Å². The first-order chi connectivity index (χ1) is 15.6. The SMILES string of the molecule is [2H]CCCC(=O)NCc1ccc([N+](=O)[O-])c(C(C)OP(OONCC)N(C(C)C)C(C)C)c1. The van der Waals surface area contributed by atoms with Gasteiger partial charge in [0.15, 0.2) is 0 Å². The highest BCUT2D eigenvalue weighted by atomic mass is 31.2. The minimum Gasteiger partial charge on any atom is -0.352 e. The molecule has 182 valence electrons. The quantitative estimate of drug-likeness (QED) is 0.121. The Balaban J connectivity index is 3.11. The third-order valence-electron chi connectivity index (χ3n) is 4.42. The largest absolute Gasteiger partial charge is 0.352 e. The molecule has 0 aromatic heterocycles. The van der Waals surface area contributed by atoms with E-state index in [2.05, 4.69) is 10.8 Å². The van der Waals surface area contributed by atoms with Gasteiger partial charge in [0.1, 0.15) is 0 Å². The first kappa shape index (κ1) is 26.6. The fraction of sp³-hybridized carbons (Fsp3) is 0.667. The van der Waals surface area contributed by atoms with Crippen molar-refractivity contribution in [1.82, 2.24) is 15.5 Å². The highest BCUT2D eigenvalue weighted by molar-refractivity contribution is 7.44. The molecule has 2 atom stereocenters. The topological polar surface area (TPSA) is 115 Å². The smallest absolute Gasteiger partial charge is 0.295 e. The number of carbonyl (C=O) groups excluding carboxylic acids is 1. The molecule has 0 aliphatic carbocycles. The molecule has 0 radical (unpaired) electrons. The van der Waals surface area contributed by atoms with Gasteiger partial charge in [-0.15, -0.1) is 9.66 Å². The Morgan fingerprint density at radius 1 is 1.28 bits per heavy atom. The van der Waals surface area contributed by atoms with Crippen LogP contribution in [0.4, 0.5) is 5.69 Å². The number of nitrogens with zero attached hydrogens (tertiary/aromatic N) is 2. The van der Waals surface area contributed by atoms with Crippen molar-refractivity contribution < 1.29 is 25.3 Å². The zero-order valence-electron chi connectivity index (χ0n) is 20.8. The number of benzene rings is 1. The van der Waals surface area contributed by atoms with Crippen LogP contribution in [0.1, 0.15) is 79.9 Å². The summed E-state index contributed by atoms with van der Waals surface area (Å²) in [4.78, 5) is 28.2. The minimum atomic E-state index is -1.71. The van der Waals surface area contributed by atoms with E-state index in [1.807, 2.05) is 39.3 Å². The van der Waals surface area contributed by atoms with Crippen LogP contribution in [0.25, 0.3) is 0 Å². The standard InChI is InChI=1S/C21H37N4O6P/c1-8-10-21(26)22-14-18-11-12-20(25(27)28)19(13-18)17(7)29-32(31-30-23-9-2)24(15(3)4)16(5)6/h11-13,15-17,23H,8-10,14H2,1-7H3,(H,22,26)/i1D. The van der Waals surface area contributed by atoms with Crippen LogP contribution in [-0.4, -0.2) is 34.1 Å². The van der Waals surface area contributed by atoms with E-state index in [4.69, 9.17) is 15.6 Å². The Hall–Kier alpha value is -1.68. The maximum atomic E-state index is 11.9. The summed E-state index contributed by atoms with van der Waals surface area (Å²) in [5.74, 6) is -0.159. The zero-order valence-corrected chi connectivity index (χ0v) is 20.7. The van der Waals surface area contributed by atoms with Gasteiger partial charge in [-0.2, -0.15) is 5.48 Å². The lowest BCUT2D eigenvalue weighted by molar-refractivity contribution is -0.386. The molecule has 11 heteroatoms. The molecule has 0 aliphatic heterocycles. The third kappa shape index (κ3) is 9.05. The summed E-state index contributed by atoms with van der Waals surface area (Å²) >= 11 is 0. The maximum absolute atomic E-state index is 11.9. The van der Waals surface area contributed by atoms with Crippen LogP contribution < -0.4 is 10.8 Å². The van der Waals surface area contributed by atoms with Crippen molar-refractivity contribution >= 4 is 20.1 Å². The molecule has 0 saturated heterocycles. The molecule has 0 bridgehead atoms. The second kappa shape index (κ2) is 14.5.